The lowest BCUT2D eigenvalue weighted by Gasteiger charge is -2.43. The van der Waals surface area contributed by atoms with Gasteiger partial charge in [-0.1, -0.05) is 103 Å². The molecular formula is C44H30BN3S. The highest BCUT2D eigenvalue weighted by Crippen LogP contribution is 2.48. The van der Waals surface area contributed by atoms with Gasteiger partial charge in [0.05, 0.1) is 5.00 Å². The Kier molecular flexibility index (Phi) is 6.46. The Morgan fingerprint density at radius 3 is 1.63 bits per heavy atom. The highest BCUT2D eigenvalue weighted by molar-refractivity contribution is 7.26. The molecule has 0 spiro atoms. The number of para-hydroxylation sites is 4. The molecular weight excluding hydrogens is 613 g/mol. The second kappa shape index (κ2) is 11.3. The number of anilines is 9. The fourth-order valence-corrected chi connectivity index (χ4v) is 9.09. The number of hydrogen-bond acceptors (Lipinski definition) is 4. The lowest BCUT2D eigenvalue weighted by Crippen LogP contribution is -2.61. The van der Waals surface area contributed by atoms with E-state index in [0.717, 1.165) is 22.7 Å². The molecule has 7 aromatic carbocycles. The Bertz CT molecular complexity index is 2420. The van der Waals surface area contributed by atoms with Gasteiger partial charge in [-0.2, -0.15) is 0 Å². The molecule has 49 heavy (non-hydrogen) atoms. The highest BCUT2D eigenvalue weighted by Gasteiger charge is 2.45. The van der Waals surface area contributed by atoms with E-state index < -0.39 is 0 Å². The van der Waals surface area contributed by atoms with Gasteiger partial charge in [0.2, 0.25) is 0 Å². The van der Waals surface area contributed by atoms with Gasteiger partial charge in [0.1, 0.15) is 0 Å². The van der Waals surface area contributed by atoms with Crippen LogP contribution in [0.5, 0.6) is 0 Å². The summed E-state index contributed by atoms with van der Waals surface area (Å²) in [6.07, 6.45) is 0. The van der Waals surface area contributed by atoms with Crippen molar-refractivity contribution in [3.8, 4) is 0 Å². The maximum Gasteiger partial charge on any atom is 0.254 e. The first-order chi connectivity index (χ1) is 24.3. The molecule has 0 fully saturated rings. The van der Waals surface area contributed by atoms with Gasteiger partial charge in [-0.15, -0.1) is 11.3 Å². The first-order valence-electron chi connectivity index (χ1n) is 16.7. The molecule has 0 bridgehead atoms. The van der Waals surface area contributed by atoms with E-state index in [9.17, 15) is 0 Å². The lowest BCUT2D eigenvalue weighted by molar-refractivity contribution is 1.25. The van der Waals surface area contributed by atoms with Crippen LogP contribution >= 0.6 is 11.3 Å². The smallest absolute Gasteiger partial charge is 0.254 e. The number of rotatable bonds is 5. The minimum Gasteiger partial charge on any atom is -0.311 e. The predicted molar refractivity (Wildman–Crippen MR) is 211 cm³/mol. The van der Waals surface area contributed by atoms with Crippen LogP contribution in [0.15, 0.2) is 182 Å². The fourth-order valence-electron chi connectivity index (χ4n) is 7.82. The maximum atomic E-state index is 2.49. The SMILES string of the molecule is c1ccc(N(c2ccccc2)c2ccc3c(c2)N(c2ccccc2)c2cccc4c2B3c2c(sc3ccccc23)N4c2ccccc2)cc1. The molecule has 0 saturated heterocycles. The number of thiophene rings is 1. The number of fused-ring (bicyclic) bond motifs is 6. The van der Waals surface area contributed by atoms with Crippen molar-refractivity contribution in [3.05, 3.63) is 182 Å². The molecule has 2 aliphatic heterocycles. The third-order valence-electron chi connectivity index (χ3n) is 9.82. The molecule has 0 saturated carbocycles. The second-order valence-electron chi connectivity index (χ2n) is 12.6. The molecule has 3 nitrogen and oxygen atoms in total. The third-order valence-corrected chi connectivity index (χ3v) is 11.0. The summed E-state index contributed by atoms with van der Waals surface area (Å²) < 4.78 is 1.31. The van der Waals surface area contributed by atoms with Gasteiger partial charge in [0.25, 0.3) is 6.71 Å². The average molecular weight is 644 g/mol. The van der Waals surface area contributed by atoms with Crippen LogP contribution in [-0.4, -0.2) is 6.71 Å². The molecule has 0 N–H and O–H groups in total. The summed E-state index contributed by atoms with van der Waals surface area (Å²) in [4.78, 5) is 7.33. The van der Waals surface area contributed by atoms with Crippen molar-refractivity contribution in [1.29, 1.82) is 0 Å². The summed E-state index contributed by atoms with van der Waals surface area (Å²) in [6.45, 7) is 0.0724. The molecule has 1 aromatic heterocycles. The van der Waals surface area contributed by atoms with Gasteiger partial charge in [0, 0.05) is 50.2 Å². The van der Waals surface area contributed by atoms with Gasteiger partial charge in [0.15, 0.2) is 0 Å². The summed E-state index contributed by atoms with van der Waals surface area (Å²) in [6, 6.07) is 65.9. The van der Waals surface area contributed by atoms with E-state index in [1.54, 1.807) is 0 Å². The van der Waals surface area contributed by atoms with Crippen LogP contribution in [0.25, 0.3) is 10.1 Å². The summed E-state index contributed by atoms with van der Waals surface area (Å²) in [5, 5.41) is 2.62. The maximum absolute atomic E-state index is 2.49. The average Bonchev–Trinajstić information content (AvgIpc) is 3.55. The monoisotopic (exact) mass is 643 g/mol. The summed E-state index contributed by atoms with van der Waals surface area (Å²) in [7, 11) is 0. The van der Waals surface area contributed by atoms with Crippen LogP contribution in [0, 0.1) is 0 Å². The van der Waals surface area contributed by atoms with Crippen LogP contribution in [0.3, 0.4) is 0 Å². The van der Waals surface area contributed by atoms with Crippen molar-refractivity contribution in [2.75, 3.05) is 14.7 Å². The third kappa shape index (κ3) is 4.36. The van der Waals surface area contributed by atoms with Crippen LogP contribution in [0.1, 0.15) is 0 Å². The normalized spacial score (nSPS) is 12.8. The molecule has 2 aliphatic rings. The van der Waals surface area contributed by atoms with Crippen molar-refractivity contribution < 1.29 is 0 Å². The number of nitrogens with zero attached hydrogens (tertiary/aromatic N) is 3. The van der Waals surface area contributed by atoms with Gasteiger partial charge in [-0.25, -0.2) is 0 Å². The molecule has 0 radical (unpaired) electrons. The molecule has 0 unspecified atom stereocenters. The van der Waals surface area contributed by atoms with E-state index in [0.29, 0.717) is 0 Å². The topological polar surface area (TPSA) is 9.72 Å². The van der Waals surface area contributed by atoms with E-state index in [1.807, 2.05) is 11.3 Å². The quantitative estimate of drug-likeness (QED) is 0.173. The first-order valence-corrected chi connectivity index (χ1v) is 17.6. The first kappa shape index (κ1) is 28.0. The Labute approximate surface area is 290 Å². The Balaban J connectivity index is 1.28. The van der Waals surface area contributed by atoms with Crippen molar-refractivity contribution in [1.82, 2.24) is 0 Å². The summed E-state index contributed by atoms with van der Waals surface area (Å²) in [5.74, 6) is 0. The van der Waals surface area contributed by atoms with Gasteiger partial charge >= 0.3 is 0 Å². The minimum absolute atomic E-state index is 0.0724. The molecule has 10 rings (SSSR count). The Morgan fingerprint density at radius 2 is 0.980 bits per heavy atom. The van der Waals surface area contributed by atoms with Gasteiger partial charge in [-0.05, 0) is 101 Å². The zero-order chi connectivity index (χ0) is 32.3. The van der Waals surface area contributed by atoms with E-state index in [-0.39, 0.29) is 6.71 Å². The Hall–Kier alpha value is -6.04. The van der Waals surface area contributed by atoms with E-state index in [2.05, 4.69) is 197 Å². The van der Waals surface area contributed by atoms with Crippen LogP contribution < -0.4 is 31.1 Å². The Morgan fingerprint density at radius 1 is 0.429 bits per heavy atom. The van der Waals surface area contributed by atoms with Crippen molar-refractivity contribution in [2.24, 2.45) is 0 Å². The van der Waals surface area contributed by atoms with Crippen LogP contribution in [0.2, 0.25) is 0 Å². The molecule has 230 valence electrons. The van der Waals surface area contributed by atoms with Crippen molar-refractivity contribution >= 4 is 95.0 Å². The standard InChI is InChI=1S/C44H30BN3S/c1-5-16-31(17-6-1)46(32-18-7-2-8-19-32)35-28-29-37-40(30-35)47(33-20-9-3-10-21-33)38-25-15-26-39-43(38)45(37)42-36-24-13-14-27-41(36)49-44(42)48(39)34-22-11-4-12-23-34/h1-30H. The van der Waals surface area contributed by atoms with Crippen LogP contribution in [-0.2, 0) is 0 Å². The van der Waals surface area contributed by atoms with Gasteiger partial charge < -0.3 is 14.7 Å². The van der Waals surface area contributed by atoms with Crippen molar-refractivity contribution in [3.63, 3.8) is 0 Å². The van der Waals surface area contributed by atoms with Crippen LogP contribution in [0.4, 0.5) is 50.5 Å². The van der Waals surface area contributed by atoms with E-state index in [1.165, 1.54) is 54.2 Å². The highest BCUT2D eigenvalue weighted by atomic mass is 32.1. The lowest BCUT2D eigenvalue weighted by atomic mass is 9.33. The number of hydrogen-bond donors (Lipinski definition) is 0. The molecule has 8 aromatic rings. The second-order valence-corrected chi connectivity index (χ2v) is 13.6. The molecule has 3 heterocycles. The molecule has 0 aliphatic carbocycles. The summed E-state index contributed by atoms with van der Waals surface area (Å²) in [5.41, 5.74) is 13.4. The largest absolute Gasteiger partial charge is 0.311 e. The zero-order valence-electron chi connectivity index (χ0n) is 26.6. The van der Waals surface area contributed by atoms with Gasteiger partial charge in [-0.3, -0.25) is 0 Å². The molecule has 0 amide bonds. The predicted octanol–water partition coefficient (Wildman–Crippen LogP) is 10.5. The molecule has 5 heteroatoms. The fraction of sp³-hybridized carbons (Fsp3) is 0. The zero-order valence-corrected chi connectivity index (χ0v) is 27.5. The number of benzene rings is 7. The minimum atomic E-state index is 0.0724. The summed E-state index contributed by atoms with van der Waals surface area (Å²) >= 11 is 1.89. The van der Waals surface area contributed by atoms with E-state index in [4.69, 9.17) is 0 Å². The van der Waals surface area contributed by atoms with E-state index >= 15 is 0 Å². The van der Waals surface area contributed by atoms with Crippen molar-refractivity contribution in [2.45, 2.75) is 0 Å². The molecule has 0 atom stereocenters.